The molecule has 1 atom stereocenters. The fraction of sp³-hybridized carbons (Fsp3) is 0.647. The summed E-state index contributed by atoms with van der Waals surface area (Å²) in [4.78, 5) is 16.7. The molecule has 6 heteroatoms. The van der Waals surface area contributed by atoms with Crippen molar-refractivity contribution in [2.45, 2.75) is 45.6 Å². The summed E-state index contributed by atoms with van der Waals surface area (Å²) < 4.78 is 15.9. The molecule has 0 saturated heterocycles. The van der Waals surface area contributed by atoms with Crippen LogP contribution in [0.25, 0.3) is 0 Å². The quantitative estimate of drug-likeness (QED) is 0.670. The van der Waals surface area contributed by atoms with E-state index >= 15 is 0 Å². The zero-order valence-corrected chi connectivity index (χ0v) is 14.8. The average Bonchev–Trinajstić information content (AvgIpc) is 2.54. The van der Waals surface area contributed by atoms with Crippen LogP contribution in [-0.4, -0.2) is 43.9 Å². The molecule has 0 saturated carbocycles. The molecule has 1 amide bonds. The Labute approximate surface area is 138 Å². The van der Waals surface area contributed by atoms with E-state index in [1.807, 2.05) is 13.0 Å². The molecule has 130 valence electrons. The van der Waals surface area contributed by atoms with E-state index in [4.69, 9.17) is 14.2 Å². The average molecular weight is 324 g/mol. The third-order valence-corrected chi connectivity index (χ3v) is 3.75. The second-order valence-electron chi connectivity index (χ2n) is 5.68. The normalized spacial score (nSPS) is 13.4. The van der Waals surface area contributed by atoms with Crippen LogP contribution in [0.4, 0.5) is 5.69 Å². The molecule has 0 bridgehead atoms. The molecule has 6 nitrogen and oxygen atoms in total. The van der Waals surface area contributed by atoms with Crippen molar-refractivity contribution in [3.05, 3.63) is 17.8 Å². The Balaban J connectivity index is 2.72. The Kier molecular flexibility index (Phi) is 7.98. The highest BCUT2D eigenvalue weighted by atomic mass is 16.5. The number of hydrogen-bond donors (Lipinski definition) is 1. The Morgan fingerprint density at radius 3 is 2.65 bits per heavy atom. The number of pyridine rings is 1. The van der Waals surface area contributed by atoms with Gasteiger partial charge in [0.25, 0.3) is 5.91 Å². The molecule has 0 aliphatic heterocycles. The number of rotatable bonds is 10. The summed E-state index contributed by atoms with van der Waals surface area (Å²) in [6.07, 6.45) is 4.21. The second-order valence-corrected chi connectivity index (χ2v) is 5.68. The van der Waals surface area contributed by atoms with Crippen LogP contribution in [0.1, 0.15) is 38.7 Å². The summed E-state index contributed by atoms with van der Waals surface area (Å²) in [5.41, 5.74) is 0.648. The number of methoxy groups -OCH3 is 2. The molecule has 1 N–H and O–H groups in total. The minimum Gasteiger partial charge on any atom is -0.475 e. The number of anilines is 1. The fourth-order valence-corrected chi connectivity index (χ4v) is 2.09. The van der Waals surface area contributed by atoms with Crippen molar-refractivity contribution in [1.29, 1.82) is 0 Å². The van der Waals surface area contributed by atoms with Crippen LogP contribution >= 0.6 is 0 Å². The number of aryl methyl sites for hydroxylation is 1. The summed E-state index contributed by atoms with van der Waals surface area (Å²) in [6.45, 7) is 6.72. The van der Waals surface area contributed by atoms with Gasteiger partial charge in [0.1, 0.15) is 12.2 Å². The largest absolute Gasteiger partial charge is 0.475 e. The lowest BCUT2D eigenvalue weighted by Gasteiger charge is -2.26. The van der Waals surface area contributed by atoms with E-state index in [0.29, 0.717) is 31.2 Å². The minimum atomic E-state index is -0.836. The van der Waals surface area contributed by atoms with Gasteiger partial charge >= 0.3 is 0 Å². The number of unbranched alkanes of at least 4 members (excludes halogenated alkanes) is 1. The van der Waals surface area contributed by atoms with Crippen molar-refractivity contribution in [2.24, 2.45) is 0 Å². The van der Waals surface area contributed by atoms with E-state index < -0.39 is 5.60 Å². The lowest BCUT2D eigenvalue weighted by Crippen LogP contribution is -2.42. The molecule has 1 aromatic rings. The van der Waals surface area contributed by atoms with E-state index in [2.05, 4.69) is 17.2 Å². The molecular formula is C17H28N2O4. The Hall–Kier alpha value is -1.66. The number of hydrogen-bond acceptors (Lipinski definition) is 5. The van der Waals surface area contributed by atoms with Gasteiger partial charge in [-0.15, -0.1) is 0 Å². The first-order chi connectivity index (χ1) is 11.0. The van der Waals surface area contributed by atoms with Gasteiger partial charge in [0.15, 0.2) is 0 Å². The molecule has 0 spiro atoms. The standard InChI is InChI=1S/C17H28N2O4/c1-6-7-8-17(3,22-5)16(20)19-14-11-13(2)15(18-12-14)23-10-9-21-4/h11-12H,6-10H2,1-5H3,(H,19,20)/t17-/m0/s1. The molecule has 0 unspecified atom stereocenters. The van der Waals surface area contributed by atoms with E-state index in [0.717, 1.165) is 18.4 Å². The van der Waals surface area contributed by atoms with Gasteiger partial charge in [0.2, 0.25) is 5.88 Å². The van der Waals surface area contributed by atoms with Gasteiger partial charge in [-0.05, 0) is 26.3 Å². The predicted octanol–water partition coefficient (Wildman–Crippen LogP) is 2.95. The van der Waals surface area contributed by atoms with Gasteiger partial charge in [-0.1, -0.05) is 19.8 Å². The van der Waals surface area contributed by atoms with Crippen molar-refractivity contribution in [3.63, 3.8) is 0 Å². The van der Waals surface area contributed by atoms with Crippen LogP contribution in [0.5, 0.6) is 5.88 Å². The number of carbonyl (C=O) groups is 1. The molecule has 1 aromatic heterocycles. The van der Waals surface area contributed by atoms with Gasteiger partial charge in [-0.3, -0.25) is 4.79 Å². The number of nitrogens with one attached hydrogen (secondary N) is 1. The number of aromatic nitrogens is 1. The topological polar surface area (TPSA) is 69.7 Å². The molecule has 0 fully saturated rings. The molecular weight excluding hydrogens is 296 g/mol. The van der Waals surface area contributed by atoms with E-state index in [1.54, 1.807) is 27.3 Å². The Bertz CT molecular complexity index is 507. The molecule has 1 heterocycles. The molecule has 23 heavy (non-hydrogen) atoms. The van der Waals surface area contributed by atoms with Gasteiger partial charge in [-0.25, -0.2) is 4.98 Å². The van der Waals surface area contributed by atoms with Crippen LogP contribution in [0.15, 0.2) is 12.3 Å². The first-order valence-electron chi connectivity index (χ1n) is 7.91. The summed E-state index contributed by atoms with van der Waals surface area (Å²) in [6, 6.07) is 1.84. The van der Waals surface area contributed by atoms with Gasteiger partial charge < -0.3 is 19.5 Å². The molecule has 0 aromatic carbocycles. The van der Waals surface area contributed by atoms with Crippen LogP contribution < -0.4 is 10.1 Å². The smallest absolute Gasteiger partial charge is 0.256 e. The van der Waals surface area contributed by atoms with Crippen LogP contribution in [-0.2, 0) is 14.3 Å². The van der Waals surface area contributed by atoms with Gasteiger partial charge in [0, 0.05) is 19.8 Å². The zero-order chi connectivity index (χ0) is 17.3. The highest BCUT2D eigenvalue weighted by molar-refractivity contribution is 5.97. The number of amides is 1. The fourth-order valence-electron chi connectivity index (χ4n) is 2.09. The predicted molar refractivity (Wildman–Crippen MR) is 89.9 cm³/mol. The highest BCUT2D eigenvalue weighted by Gasteiger charge is 2.32. The third-order valence-electron chi connectivity index (χ3n) is 3.75. The Morgan fingerprint density at radius 2 is 2.09 bits per heavy atom. The maximum atomic E-state index is 12.5. The third kappa shape index (κ3) is 5.80. The monoisotopic (exact) mass is 324 g/mol. The minimum absolute atomic E-state index is 0.164. The first kappa shape index (κ1) is 19.4. The SMILES string of the molecule is CCCC[C@](C)(OC)C(=O)Nc1cnc(OCCOC)c(C)c1. The van der Waals surface area contributed by atoms with Gasteiger partial charge in [0.05, 0.1) is 18.5 Å². The zero-order valence-electron chi connectivity index (χ0n) is 14.8. The molecule has 0 aliphatic rings. The van der Waals surface area contributed by atoms with E-state index in [-0.39, 0.29) is 5.91 Å². The van der Waals surface area contributed by atoms with Crippen molar-refractivity contribution < 1.29 is 19.0 Å². The van der Waals surface area contributed by atoms with Crippen LogP contribution in [0.2, 0.25) is 0 Å². The van der Waals surface area contributed by atoms with Gasteiger partial charge in [-0.2, -0.15) is 0 Å². The van der Waals surface area contributed by atoms with Crippen LogP contribution in [0.3, 0.4) is 0 Å². The maximum absolute atomic E-state index is 12.5. The van der Waals surface area contributed by atoms with Crippen molar-refractivity contribution >= 4 is 11.6 Å². The van der Waals surface area contributed by atoms with Crippen molar-refractivity contribution in [3.8, 4) is 5.88 Å². The van der Waals surface area contributed by atoms with E-state index in [1.165, 1.54) is 0 Å². The summed E-state index contributed by atoms with van der Waals surface area (Å²) >= 11 is 0. The first-order valence-corrected chi connectivity index (χ1v) is 7.91. The number of ether oxygens (including phenoxy) is 3. The maximum Gasteiger partial charge on any atom is 0.256 e. The number of carbonyl (C=O) groups excluding carboxylic acids is 1. The van der Waals surface area contributed by atoms with E-state index in [9.17, 15) is 4.79 Å². The summed E-state index contributed by atoms with van der Waals surface area (Å²) in [5, 5.41) is 2.87. The molecule has 1 rings (SSSR count). The van der Waals surface area contributed by atoms with Crippen molar-refractivity contribution in [1.82, 2.24) is 4.98 Å². The lowest BCUT2D eigenvalue weighted by atomic mass is 9.97. The van der Waals surface area contributed by atoms with Crippen molar-refractivity contribution in [2.75, 3.05) is 32.8 Å². The second kappa shape index (κ2) is 9.47. The highest BCUT2D eigenvalue weighted by Crippen LogP contribution is 2.23. The van der Waals surface area contributed by atoms with Crippen LogP contribution in [0, 0.1) is 6.92 Å². The molecule has 0 aliphatic carbocycles. The Morgan fingerprint density at radius 1 is 1.35 bits per heavy atom. The summed E-state index contributed by atoms with van der Waals surface area (Å²) in [5.74, 6) is 0.378. The number of nitrogens with zero attached hydrogens (tertiary/aromatic N) is 1. The summed E-state index contributed by atoms with van der Waals surface area (Å²) in [7, 11) is 3.18. The molecule has 0 radical (unpaired) electrons. The lowest BCUT2D eigenvalue weighted by molar-refractivity contribution is -0.136.